The van der Waals surface area contributed by atoms with Crippen molar-refractivity contribution >= 4 is 11.8 Å². The molecule has 0 amide bonds. The molecule has 0 fully saturated rings. The van der Waals surface area contributed by atoms with E-state index in [9.17, 15) is 4.79 Å². The lowest BCUT2D eigenvalue weighted by molar-refractivity contribution is 0.0691. The Labute approximate surface area is 103 Å². The smallest absolute Gasteiger partial charge is 0.358 e. The van der Waals surface area contributed by atoms with Gasteiger partial charge in [0.05, 0.1) is 12.2 Å². The topological polar surface area (TPSA) is 101 Å². The molecule has 7 heteroatoms. The highest BCUT2D eigenvalue weighted by Crippen LogP contribution is 2.09. The van der Waals surface area contributed by atoms with Crippen molar-refractivity contribution < 1.29 is 9.90 Å². The Morgan fingerprint density at radius 1 is 1.28 bits per heavy atom. The van der Waals surface area contributed by atoms with Crippen LogP contribution in [0.5, 0.6) is 0 Å². The second-order valence-corrected chi connectivity index (χ2v) is 3.51. The molecule has 0 atom stereocenters. The van der Waals surface area contributed by atoms with Crippen molar-refractivity contribution in [1.82, 2.24) is 19.9 Å². The Bertz CT molecular complexity index is 573. The summed E-state index contributed by atoms with van der Waals surface area (Å²) in [5.74, 6) is -0.238. The van der Waals surface area contributed by atoms with E-state index in [0.717, 1.165) is 5.69 Å². The van der Waals surface area contributed by atoms with Crippen molar-refractivity contribution in [3.63, 3.8) is 0 Å². The standard InChI is InChI=1S/C11H11N5O2/c1-7-12-3-2-8(16-7)6-15-10-9(11(17)18)13-4-5-14-10/h2-5H,6H2,1H3,(H,14,15)(H,17,18). The molecule has 92 valence electrons. The number of nitrogens with zero attached hydrogens (tertiary/aromatic N) is 4. The van der Waals surface area contributed by atoms with E-state index in [0.29, 0.717) is 12.4 Å². The van der Waals surface area contributed by atoms with Gasteiger partial charge in [-0.1, -0.05) is 0 Å². The lowest BCUT2D eigenvalue weighted by Gasteiger charge is -2.07. The monoisotopic (exact) mass is 245 g/mol. The fourth-order valence-electron chi connectivity index (χ4n) is 1.40. The van der Waals surface area contributed by atoms with E-state index in [2.05, 4.69) is 25.3 Å². The zero-order valence-electron chi connectivity index (χ0n) is 9.66. The van der Waals surface area contributed by atoms with Crippen molar-refractivity contribution in [3.8, 4) is 0 Å². The Morgan fingerprint density at radius 2 is 2.06 bits per heavy atom. The highest BCUT2D eigenvalue weighted by atomic mass is 16.4. The molecule has 2 aromatic rings. The highest BCUT2D eigenvalue weighted by Gasteiger charge is 2.12. The normalized spacial score (nSPS) is 10.1. The van der Waals surface area contributed by atoms with E-state index >= 15 is 0 Å². The van der Waals surface area contributed by atoms with Crippen LogP contribution in [-0.2, 0) is 6.54 Å². The summed E-state index contributed by atoms with van der Waals surface area (Å²) in [4.78, 5) is 26.8. The molecule has 0 bridgehead atoms. The Hall–Kier alpha value is -2.57. The summed E-state index contributed by atoms with van der Waals surface area (Å²) in [6.07, 6.45) is 4.41. The van der Waals surface area contributed by atoms with Crippen LogP contribution in [0.25, 0.3) is 0 Å². The van der Waals surface area contributed by atoms with E-state index in [1.54, 1.807) is 19.2 Å². The van der Waals surface area contributed by atoms with Gasteiger partial charge in [0, 0.05) is 18.6 Å². The summed E-state index contributed by atoms with van der Waals surface area (Å²) in [5, 5.41) is 11.8. The maximum Gasteiger partial charge on any atom is 0.358 e. The Morgan fingerprint density at radius 3 is 2.78 bits per heavy atom. The number of hydrogen-bond donors (Lipinski definition) is 2. The van der Waals surface area contributed by atoms with Crippen LogP contribution in [0.2, 0.25) is 0 Å². The molecule has 0 spiro atoms. The molecular formula is C11H11N5O2. The highest BCUT2D eigenvalue weighted by molar-refractivity contribution is 5.90. The molecule has 0 radical (unpaired) electrons. The third-order valence-electron chi connectivity index (χ3n) is 2.17. The largest absolute Gasteiger partial charge is 0.476 e. The minimum atomic E-state index is -1.12. The van der Waals surface area contributed by atoms with Gasteiger partial charge in [-0.15, -0.1) is 0 Å². The van der Waals surface area contributed by atoms with Gasteiger partial charge in [0.25, 0.3) is 0 Å². The Kier molecular flexibility index (Phi) is 3.42. The number of rotatable bonds is 4. The van der Waals surface area contributed by atoms with Gasteiger partial charge in [-0.2, -0.15) is 0 Å². The second-order valence-electron chi connectivity index (χ2n) is 3.51. The van der Waals surface area contributed by atoms with Crippen LogP contribution < -0.4 is 5.32 Å². The minimum absolute atomic E-state index is 0.108. The molecule has 0 saturated carbocycles. The molecule has 7 nitrogen and oxygen atoms in total. The molecule has 0 aliphatic carbocycles. The molecule has 0 saturated heterocycles. The van der Waals surface area contributed by atoms with E-state index in [1.165, 1.54) is 12.4 Å². The first kappa shape index (κ1) is 11.9. The third-order valence-corrected chi connectivity index (χ3v) is 2.17. The molecule has 2 heterocycles. The number of carbonyl (C=O) groups is 1. The average molecular weight is 245 g/mol. The molecule has 18 heavy (non-hydrogen) atoms. The van der Waals surface area contributed by atoms with Crippen LogP contribution in [0.15, 0.2) is 24.7 Å². The van der Waals surface area contributed by atoms with Gasteiger partial charge in [-0.3, -0.25) is 0 Å². The zero-order chi connectivity index (χ0) is 13.0. The predicted octanol–water partition coefficient (Wildman–Crippen LogP) is 0.885. The van der Waals surface area contributed by atoms with Gasteiger partial charge in [0.2, 0.25) is 0 Å². The van der Waals surface area contributed by atoms with E-state index in [1.807, 2.05) is 0 Å². The molecule has 0 aliphatic heterocycles. The third kappa shape index (κ3) is 2.76. The molecule has 2 rings (SSSR count). The van der Waals surface area contributed by atoms with Crippen molar-refractivity contribution in [3.05, 3.63) is 41.9 Å². The van der Waals surface area contributed by atoms with Gasteiger partial charge < -0.3 is 10.4 Å². The van der Waals surface area contributed by atoms with Crippen molar-refractivity contribution in [2.45, 2.75) is 13.5 Å². The molecular weight excluding hydrogens is 234 g/mol. The number of aromatic carboxylic acids is 1. The molecule has 0 aromatic carbocycles. The number of carboxylic acids is 1. The van der Waals surface area contributed by atoms with Gasteiger partial charge >= 0.3 is 5.97 Å². The summed E-state index contributed by atoms with van der Waals surface area (Å²) >= 11 is 0. The van der Waals surface area contributed by atoms with E-state index < -0.39 is 5.97 Å². The summed E-state index contributed by atoms with van der Waals surface area (Å²) in [6.45, 7) is 2.15. The van der Waals surface area contributed by atoms with Crippen LogP contribution in [0.4, 0.5) is 5.82 Å². The van der Waals surface area contributed by atoms with Gasteiger partial charge in [-0.05, 0) is 13.0 Å². The molecule has 0 aliphatic rings. The van der Waals surface area contributed by atoms with Crippen molar-refractivity contribution in [1.29, 1.82) is 0 Å². The summed E-state index contributed by atoms with van der Waals surface area (Å²) in [7, 11) is 0. The van der Waals surface area contributed by atoms with Crippen LogP contribution in [0.1, 0.15) is 22.0 Å². The predicted molar refractivity (Wildman–Crippen MR) is 63.1 cm³/mol. The first-order chi connectivity index (χ1) is 8.66. The maximum absolute atomic E-state index is 10.9. The molecule has 2 N–H and O–H groups in total. The van der Waals surface area contributed by atoms with Crippen LogP contribution in [-0.4, -0.2) is 31.0 Å². The fraction of sp³-hybridized carbons (Fsp3) is 0.182. The maximum atomic E-state index is 10.9. The first-order valence-corrected chi connectivity index (χ1v) is 5.23. The number of anilines is 1. The van der Waals surface area contributed by atoms with Gasteiger partial charge in [0.1, 0.15) is 5.82 Å². The number of aryl methyl sites for hydroxylation is 1. The van der Waals surface area contributed by atoms with Crippen LogP contribution in [0, 0.1) is 6.92 Å². The van der Waals surface area contributed by atoms with Gasteiger partial charge in [-0.25, -0.2) is 24.7 Å². The summed E-state index contributed by atoms with van der Waals surface area (Å²) in [5.41, 5.74) is 0.646. The SMILES string of the molecule is Cc1nccc(CNc2nccnc2C(=O)O)n1. The Balaban J connectivity index is 2.13. The van der Waals surface area contributed by atoms with Gasteiger partial charge in [0.15, 0.2) is 11.5 Å². The molecule has 0 unspecified atom stereocenters. The average Bonchev–Trinajstić information content (AvgIpc) is 2.37. The zero-order valence-corrected chi connectivity index (χ0v) is 9.66. The number of hydrogen-bond acceptors (Lipinski definition) is 6. The lowest BCUT2D eigenvalue weighted by Crippen LogP contribution is -2.11. The summed E-state index contributed by atoms with van der Waals surface area (Å²) < 4.78 is 0. The minimum Gasteiger partial charge on any atom is -0.476 e. The molecule has 2 aromatic heterocycles. The van der Waals surface area contributed by atoms with Crippen LogP contribution in [0.3, 0.4) is 0 Å². The fourth-order valence-corrected chi connectivity index (χ4v) is 1.40. The second kappa shape index (κ2) is 5.17. The number of aromatic nitrogens is 4. The van der Waals surface area contributed by atoms with Crippen molar-refractivity contribution in [2.75, 3.05) is 5.32 Å². The first-order valence-electron chi connectivity index (χ1n) is 5.23. The number of carboxylic acid groups (broad SMARTS) is 1. The van der Waals surface area contributed by atoms with Crippen LogP contribution >= 0.6 is 0 Å². The quantitative estimate of drug-likeness (QED) is 0.824. The van der Waals surface area contributed by atoms with Crippen molar-refractivity contribution in [2.24, 2.45) is 0 Å². The van der Waals surface area contributed by atoms with E-state index in [-0.39, 0.29) is 11.5 Å². The lowest BCUT2D eigenvalue weighted by atomic mass is 10.3. The van der Waals surface area contributed by atoms with E-state index in [4.69, 9.17) is 5.11 Å². The number of nitrogens with one attached hydrogen (secondary N) is 1. The summed E-state index contributed by atoms with van der Waals surface area (Å²) in [6, 6.07) is 1.75.